The topological polar surface area (TPSA) is 84.4 Å². The van der Waals surface area contributed by atoms with Gasteiger partial charge in [0.15, 0.2) is 12.4 Å². The van der Waals surface area contributed by atoms with Gasteiger partial charge in [0.1, 0.15) is 11.6 Å². The number of ether oxygens (including phenoxy) is 1. The Labute approximate surface area is 188 Å². The molecule has 1 aliphatic heterocycles. The van der Waals surface area contributed by atoms with Gasteiger partial charge in [0.05, 0.1) is 34.4 Å². The Bertz CT molecular complexity index is 1220. The van der Waals surface area contributed by atoms with E-state index in [9.17, 15) is 14.0 Å². The monoisotopic (exact) mass is 452 g/mol. The van der Waals surface area contributed by atoms with Crippen molar-refractivity contribution in [2.24, 2.45) is 0 Å². The standard InChI is InChI=1S/C23H18ClFN4O3/c1-29-18-7-13(12-5-6-12)14(8-19(18)32-11-21(29)30)17-9-27-20(10-26-17)28-23(31)22-15(24)3-2-4-16(22)25/h2-4,7-10,12H,5-6,11H2,1H3,(H,27,28,31). The van der Waals surface area contributed by atoms with E-state index in [1.165, 1.54) is 18.3 Å². The Morgan fingerprint density at radius 2 is 2.06 bits per heavy atom. The maximum Gasteiger partial charge on any atom is 0.264 e. The van der Waals surface area contributed by atoms with Crippen molar-refractivity contribution < 1.29 is 18.7 Å². The molecule has 1 saturated carbocycles. The lowest BCUT2D eigenvalue weighted by atomic mass is 9.98. The molecule has 2 amide bonds. The van der Waals surface area contributed by atoms with E-state index in [0.29, 0.717) is 17.4 Å². The fourth-order valence-corrected chi connectivity index (χ4v) is 3.96. The van der Waals surface area contributed by atoms with Crippen LogP contribution in [0.3, 0.4) is 0 Å². The molecule has 0 unspecified atom stereocenters. The molecular formula is C23H18ClFN4O3. The number of anilines is 2. The molecule has 0 bridgehead atoms. The van der Waals surface area contributed by atoms with Crippen molar-refractivity contribution in [2.45, 2.75) is 18.8 Å². The van der Waals surface area contributed by atoms with Gasteiger partial charge in [-0.3, -0.25) is 14.6 Å². The number of fused-ring (bicyclic) bond motifs is 1. The minimum absolute atomic E-state index is 0.0127. The number of halogens is 2. The minimum Gasteiger partial charge on any atom is -0.482 e. The highest BCUT2D eigenvalue weighted by atomic mass is 35.5. The van der Waals surface area contributed by atoms with Crippen LogP contribution in [0.15, 0.2) is 42.7 Å². The van der Waals surface area contributed by atoms with E-state index < -0.39 is 11.7 Å². The van der Waals surface area contributed by atoms with Crippen LogP contribution in [0.1, 0.15) is 34.7 Å². The number of carbonyl (C=O) groups is 2. The Hall–Kier alpha value is -3.52. The maximum atomic E-state index is 14.0. The van der Waals surface area contributed by atoms with Crippen molar-refractivity contribution in [1.82, 2.24) is 9.97 Å². The molecule has 7 nitrogen and oxygen atoms in total. The molecule has 2 aliphatic rings. The van der Waals surface area contributed by atoms with Gasteiger partial charge in [-0.15, -0.1) is 0 Å². The summed E-state index contributed by atoms with van der Waals surface area (Å²) in [5, 5.41) is 2.54. The lowest BCUT2D eigenvalue weighted by Gasteiger charge is -2.27. The Morgan fingerprint density at radius 1 is 1.25 bits per heavy atom. The number of aromatic nitrogens is 2. The van der Waals surface area contributed by atoms with Crippen molar-refractivity contribution >= 4 is 34.9 Å². The van der Waals surface area contributed by atoms with Gasteiger partial charge >= 0.3 is 0 Å². The van der Waals surface area contributed by atoms with Crippen molar-refractivity contribution in [3.05, 3.63) is 64.7 Å². The normalized spacial score (nSPS) is 15.2. The first-order chi connectivity index (χ1) is 15.4. The van der Waals surface area contributed by atoms with Crippen molar-refractivity contribution in [1.29, 1.82) is 0 Å². The molecule has 162 valence electrons. The Kier molecular flexibility index (Phi) is 5.01. The number of likely N-dealkylation sites (N-methyl/N-ethyl adjacent to an activating group) is 1. The number of carbonyl (C=O) groups excluding carboxylic acids is 2. The zero-order valence-electron chi connectivity index (χ0n) is 17.1. The summed E-state index contributed by atoms with van der Waals surface area (Å²) < 4.78 is 19.6. The predicted molar refractivity (Wildman–Crippen MR) is 118 cm³/mol. The van der Waals surface area contributed by atoms with Crippen LogP contribution in [-0.2, 0) is 4.79 Å². The highest BCUT2D eigenvalue weighted by molar-refractivity contribution is 6.34. The molecule has 9 heteroatoms. The average Bonchev–Trinajstić information content (AvgIpc) is 3.61. The van der Waals surface area contributed by atoms with Crippen LogP contribution in [0.4, 0.5) is 15.9 Å². The maximum absolute atomic E-state index is 14.0. The molecule has 3 aromatic rings. The lowest BCUT2D eigenvalue weighted by molar-refractivity contribution is -0.120. The lowest BCUT2D eigenvalue weighted by Crippen LogP contribution is -2.35. The smallest absolute Gasteiger partial charge is 0.264 e. The van der Waals surface area contributed by atoms with E-state index in [1.54, 1.807) is 18.1 Å². The number of amides is 2. The summed E-state index contributed by atoms with van der Waals surface area (Å²) in [7, 11) is 1.74. The van der Waals surface area contributed by atoms with Crippen LogP contribution in [0.5, 0.6) is 5.75 Å². The van der Waals surface area contributed by atoms with Crippen molar-refractivity contribution in [2.75, 3.05) is 23.9 Å². The molecule has 2 heterocycles. The summed E-state index contributed by atoms with van der Waals surface area (Å²) >= 11 is 5.95. The average molecular weight is 453 g/mol. The third kappa shape index (κ3) is 3.67. The number of hydrogen-bond acceptors (Lipinski definition) is 5. The van der Waals surface area contributed by atoms with E-state index >= 15 is 0 Å². The second-order valence-electron chi connectivity index (χ2n) is 7.76. The number of rotatable bonds is 4. The quantitative estimate of drug-likeness (QED) is 0.633. The molecule has 1 N–H and O–H groups in total. The summed E-state index contributed by atoms with van der Waals surface area (Å²) in [4.78, 5) is 34.8. The number of nitrogens with one attached hydrogen (secondary N) is 1. The SMILES string of the molecule is CN1C(=O)COc2cc(-c3cnc(NC(=O)c4c(F)cccc4Cl)cn3)c(C3CC3)cc21. The molecular weight excluding hydrogens is 435 g/mol. The van der Waals surface area contributed by atoms with Crippen molar-refractivity contribution in [3.63, 3.8) is 0 Å². The Balaban J connectivity index is 1.44. The van der Waals surface area contributed by atoms with Gasteiger partial charge in [0, 0.05) is 12.6 Å². The number of nitrogens with zero attached hydrogens (tertiary/aromatic N) is 3. The predicted octanol–water partition coefficient (Wildman–Crippen LogP) is 4.42. The van der Waals surface area contributed by atoms with Gasteiger partial charge in [-0.2, -0.15) is 0 Å². The zero-order chi connectivity index (χ0) is 22.4. The second-order valence-corrected chi connectivity index (χ2v) is 8.17. The fourth-order valence-electron chi connectivity index (χ4n) is 3.71. The molecule has 0 radical (unpaired) electrons. The largest absolute Gasteiger partial charge is 0.482 e. The number of hydrogen-bond donors (Lipinski definition) is 1. The zero-order valence-corrected chi connectivity index (χ0v) is 17.8. The van der Waals surface area contributed by atoms with Gasteiger partial charge in [0.25, 0.3) is 11.8 Å². The van der Waals surface area contributed by atoms with Crippen molar-refractivity contribution in [3.8, 4) is 17.0 Å². The van der Waals surface area contributed by atoms with Gasteiger partial charge < -0.3 is 15.0 Å². The van der Waals surface area contributed by atoms with E-state index in [1.807, 2.05) is 12.1 Å². The first kappa shape index (κ1) is 20.4. The van der Waals surface area contributed by atoms with Crippen LogP contribution < -0.4 is 15.0 Å². The summed E-state index contributed by atoms with van der Waals surface area (Å²) in [6.45, 7) is -0.0129. The molecule has 1 aromatic heterocycles. The van der Waals surface area contributed by atoms with Gasteiger partial charge in [-0.1, -0.05) is 17.7 Å². The van der Waals surface area contributed by atoms with Gasteiger partial charge in [0.2, 0.25) is 0 Å². The highest BCUT2D eigenvalue weighted by Gasteiger charge is 2.31. The molecule has 0 atom stereocenters. The van der Waals surface area contributed by atoms with Crippen LogP contribution >= 0.6 is 11.6 Å². The van der Waals surface area contributed by atoms with Gasteiger partial charge in [-0.05, 0) is 48.6 Å². The summed E-state index contributed by atoms with van der Waals surface area (Å²) in [6.07, 6.45) is 5.09. The third-order valence-electron chi connectivity index (χ3n) is 5.59. The van der Waals surface area contributed by atoms with Crippen LogP contribution in [0.25, 0.3) is 11.3 Å². The van der Waals surface area contributed by atoms with Crippen LogP contribution in [-0.4, -0.2) is 35.4 Å². The van der Waals surface area contributed by atoms with Crippen LogP contribution in [0.2, 0.25) is 5.02 Å². The van der Waals surface area contributed by atoms with E-state index in [2.05, 4.69) is 15.3 Å². The minimum atomic E-state index is -0.717. The fraction of sp³-hybridized carbons (Fsp3) is 0.217. The molecule has 2 aromatic carbocycles. The molecule has 0 saturated heterocycles. The first-order valence-corrected chi connectivity index (χ1v) is 10.4. The molecule has 0 spiro atoms. The molecule has 5 rings (SSSR count). The molecule has 1 aliphatic carbocycles. The Morgan fingerprint density at radius 3 is 2.75 bits per heavy atom. The van der Waals surface area contributed by atoms with E-state index in [-0.39, 0.29) is 28.9 Å². The van der Waals surface area contributed by atoms with Crippen LogP contribution in [0, 0.1) is 5.82 Å². The number of benzene rings is 2. The third-order valence-corrected chi connectivity index (χ3v) is 5.91. The summed E-state index contributed by atoms with van der Waals surface area (Å²) in [5.74, 6) is -0.340. The summed E-state index contributed by atoms with van der Waals surface area (Å²) in [5.41, 5.74) is 3.06. The molecule has 32 heavy (non-hydrogen) atoms. The highest BCUT2D eigenvalue weighted by Crippen LogP contribution is 2.48. The second kappa shape index (κ2) is 7.87. The molecule has 1 fully saturated rings. The first-order valence-electron chi connectivity index (χ1n) is 10.1. The van der Waals surface area contributed by atoms with E-state index in [4.69, 9.17) is 16.3 Å². The summed E-state index contributed by atoms with van der Waals surface area (Å²) in [6, 6.07) is 7.90. The van der Waals surface area contributed by atoms with E-state index in [0.717, 1.165) is 35.7 Å². The van der Waals surface area contributed by atoms with Gasteiger partial charge in [-0.25, -0.2) is 9.37 Å².